The average Bonchev–Trinajstić information content (AvgIpc) is 2.28. The highest BCUT2D eigenvalue weighted by Gasteiger charge is 2.25. The number of halogens is 2. The molecule has 0 saturated heterocycles. The summed E-state index contributed by atoms with van der Waals surface area (Å²) in [6, 6.07) is 1.73. The molecule has 0 aliphatic heterocycles. The van der Waals surface area contributed by atoms with Gasteiger partial charge in [-0.15, -0.1) is 0 Å². The molecule has 0 bridgehead atoms. The van der Waals surface area contributed by atoms with Gasteiger partial charge in [0.1, 0.15) is 5.82 Å². The number of rotatable bonds is 5. The maximum absolute atomic E-state index is 13.7. The van der Waals surface area contributed by atoms with Gasteiger partial charge in [0.25, 0.3) is 0 Å². The molecule has 0 saturated carbocycles. The quantitative estimate of drug-likeness (QED) is 0.874. The Bertz CT molecular complexity index is 449. The molecule has 0 amide bonds. The van der Waals surface area contributed by atoms with E-state index in [9.17, 15) is 13.6 Å². The number of ether oxygens (including phenoxy) is 1. The van der Waals surface area contributed by atoms with Crippen LogP contribution in [0.5, 0.6) is 5.75 Å². The fraction of sp³-hybridized carbons (Fsp3) is 0.417. The van der Waals surface area contributed by atoms with E-state index in [0.717, 1.165) is 12.1 Å². The molecule has 0 aromatic heterocycles. The minimum absolute atomic E-state index is 0.0814. The van der Waals surface area contributed by atoms with Gasteiger partial charge in [-0.05, 0) is 20.2 Å². The van der Waals surface area contributed by atoms with Crippen LogP contribution in [0.25, 0.3) is 0 Å². The van der Waals surface area contributed by atoms with Crippen LogP contribution in [0.3, 0.4) is 0 Å². The highest BCUT2D eigenvalue weighted by atomic mass is 19.1. The Labute approximate surface area is 104 Å². The van der Waals surface area contributed by atoms with E-state index in [1.807, 2.05) is 0 Å². The standard InChI is InChI=1S/C12H15F2NO3/c1-15(2)6-8(12(16)17)7-4-10(14)11(18-3)5-9(7)13/h4-5,8H,6H2,1-3H3,(H,16,17). The van der Waals surface area contributed by atoms with E-state index in [2.05, 4.69) is 4.74 Å². The Morgan fingerprint density at radius 1 is 1.39 bits per heavy atom. The van der Waals surface area contributed by atoms with Gasteiger partial charge >= 0.3 is 5.97 Å². The van der Waals surface area contributed by atoms with E-state index in [1.54, 1.807) is 19.0 Å². The largest absolute Gasteiger partial charge is 0.494 e. The van der Waals surface area contributed by atoms with Crippen LogP contribution in [-0.4, -0.2) is 43.7 Å². The summed E-state index contributed by atoms with van der Waals surface area (Å²) in [6.45, 7) is 0.0814. The van der Waals surface area contributed by atoms with Crippen molar-refractivity contribution in [3.05, 3.63) is 29.3 Å². The van der Waals surface area contributed by atoms with Crippen molar-refractivity contribution >= 4 is 5.97 Å². The van der Waals surface area contributed by atoms with E-state index >= 15 is 0 Å². The van der Waals surface area contributed by atoms with Crippen LogP contribution in [0.2, 0.25) is 0 Å². The van der Waals surface area contributed by atoms with Gasteiger partial charge in [-0.1, -0.05) is 0 Å². The van der Waals surface area contributed by atoms with E-state index in [0.29, 0.717) is 0 Å². The molecule has 18 heavy (non-hydrogen) atoms. The third-order valence-corrected chi connectivity index (χ3v) is 2.49. The molecule has 1 N–H and O–H groups in total. The number of hydrogen-bond acceptors (Lipinski definition) is 3. The summed E-state index contributed by atoms with van der Waals surface area (Å²) in [5, 5.41) is 9.07. The number of likely N-dealkylation sites (N-methyl/N-ethyl adjacent to an activating group) is 1. The number of carboxylic acids is 1. The lowest BCUT2D eigenvalue weighted by atomic mass is 9.97. The van der Waals surface area contributed by atoms with Crippen molar-refractivity contribution < 1.29 is 23.4 Å². The number of aliphatic carboxylic acids is 1. The van der Waals surface area contributed by atoms with Crippen LogP contribution in [0, 0.1) is 11.6 Å². The van der Waals surface area contributed by atoms with Crippen LogP contribution in [0.1, 0.15) is 11.5 Å². The molecule has 100 valence electrons. The van der Waals surface area contributed by atoms with Crippen molar-refractivity contribution in [2.45, 2.75) is 5.92 Å². The molecule has 0 fully saturated rings. The van der Waals surface area contributed by atoms with Gasteiger partial charge in [0.15, 0.2) is 11.6 Å². The zero-order valence-corrected chi connectivity index (χ0v) is 10.4. The number of carbonyl (C=O) groups is 1. The summed E-state index contributed by atoms with van der Waals surface area (Å²) in [4.78, 5) is 12.7. The van der Waals surface area contributed by atoms with Gasteiger partial charge in [-0.2, -0.15) is 0 Å². The predicted octanol–water partition coefficient (Wildman–Crippen LogP) is 1.70. The third kappa shape index (κ3) is 3.16. The summed E-state index contributed by atoms with van der Waals surface area (Å²) in [6.07, 6.45) is 0. The lowest BCUT2D eigenvalue weighted by Crippen LogP contribution is -2.26. The second-order valence-corrected chi connectivity index (χ2v) is 4.16. The number of nitrogens with zero attached hydrogens (tertiary/aromatic N) is 1. The number of carboxylic acid groups (broad SMARTS) is 1. The first-order chi connectivity index (χ1) is 8.36. The number of hydrogen-bond donors (Lipinski definition) is 1. The Kier molecular flexibility index (Phi) is 4.61. The molecular formula is C12H15F2NO3. The fourth-order valence-corrected chi connectivity index (χ4v) is 1.64. The van der Waals surface area contributed by atoms with Gasteiger partial charge in [-0.3, -0.25) is 4.79 Å². The van der Waals surface area contributed by atoms with Crippen LogP contribution in [-0.2, 0) is 4.79 Å². The molecule has 6 heteroatoms. The first-order valence-corrected chi connectivity index (χ1v) is 5.27. The second kappa shape index (κ2) is 5.77. The second-order valence-electron chi connectivity index (χ2n) is 4.16. The first kappa shape index (κ1) is 14.4. The lowest BCUT2D eigenvalue weighted by Gasteiger charge is -2.18. The van der Waals surface area contributed by atoms with Crippen molar-refractivity contribution in [3.63, 3.8) is 0 Å². The molecule has 1 unspecified atom stereocenters. The molecule has 4 nitrogen and oxygen atoms in total. The third-order valence-electron chi connectivity index (χ3n) is 2.49. The van der Waals surface area contributed by atoms with Gasteiger partial charge in [0.2, 0.25) is 0 Å². The minimum Gasteiger partial charge on any atom is -0.494 e. The van der Waals surface area contributed by atoms with E-state index in [1.165, 1.54) is 7.11 Å². The summed E-state index contributed by atoms with van der Waals surface area (Å²) >= 11 is 0. The molecule has 0 heterocycles. The molecule has 0 radical (unpaired) electrons. The van der Waals surface area contributed by atoms with E-state index in [4.69, 9.17) is 5.11 Å². The molecule has 1 aromatic carbocycles. The Morgan fingerprint density at radius 2 is 2.00 bits per heavy atom. The SMILES string of the molecule is COc1cc(F)c(C(CN(C)C)C(=O)O)cc1F. The van der Waals surface area contributed by atoms with Crippen molar-refractivity contribution in [2.75, 3.05) is 27.7 Å². The van der Waals surface area contributed by atoms with Crippen LogP contribution < -0.4 is 4.74 Å². The van der Waals surface area contributed by atoms with Gasteiger partial charge < -0.3 is 14.7 Å². The van der Waals surface area contributed by atoms with Crippen LogP contribution in [0.15, 0.2) is 12.1 Å². The average molecular weight is 259 g/mol. The Hall–Kier alpha value is -1.69. The maximum atomic E-state index is 13.7. The number of benzene rings is 1. The Morgan fingerprint density at radius 3 is 2.44 bits per heavy atom. The van der Waals surface area contributed by atoms with Gasteiger partial charge in [0.05, 0.1) is 13.0 Å². The van der Waals surface area contributed by atoms with Crippen molar-refractivity contribution in [1.82, 2.24) is 4.90 Å². The summed E-state index contributed by atoms with van der Waals surface area (Å²) < 4.78 is 31.9. The molecule has 1 rings (SSSR count). The van der Waals surface area contributed by atoms with Crippen LogP contribution >= 0.6 is 0 Å². The fourth-order valence-electron chi connectivity index (χ4n) is 1.64. The highest BCUT2D eigenvalue weighted by Crippen LogP contribution is 2.27. The van der Waals surface area contributed by atoms with Gasteiger partial charge in [0, 0.05) is 18.2 Å². The lowest BCUT2D eigenvalue weighted by molar-refractivity contribution is -0.139. The minimum atomic E-state index is -1.20. The molecule has 0 aliphatic carbocycles. The first-order valence-electron chi connectivity index (χ1n) is 5.27. The Balaban J connectivity index is 3.20. The van der Waals surface area contributed by atoms with E-state index < -0.39 is 23.5 Å². The van der Waals surface area contributed by atoms with E-state index in [-0.39, 0.29) is 17.9 Å². The smallest absolute Gasteiger partial charge is 0.312 e. The maximum Gasteiger partial charge on any atom is 0.312 e. The van der Waals surface area contributed by atoms with Crippen molar-refractivity contribution in [3.8, 4) is 5.75 Å². The summed E-state index contributed by atoms with van der Waals surface area (Å²) in [5.41, 5.74) is -0.186. The topological polar surface area (TPSA) is 49.8 Å². The molecule has 1 atom stereocenters. The summed E-state index contributed by atoms with van der Waals surface area (Å²) in [5.74, 6) is -4.14. The predicted molar refractivity (Wildman–Crippen MR) is 61.8 cm³/mol. The zero-order chi connectivity index (χ0) is 13.9. The van der Waals surface area contributed by atoms with Crippen molar-refractivity contribution in [2.24, 2.45) is 0 Å². The molecule has 0 spiro atoms. The monoisotopic (exact) mass is 259 g/mol. The highest BCUT2D eigenvalue weighted by molar-refractivity contribution is 5.76. The molecule has 1 aromatic rings. The summed E-state index contributed by atoms with van der Waals surface area (Å²) in [7, 11) is 4.54. The normalized spacial score (nSPS) is 12.6. The number of methoxy groups -OCH3 is 1. The van der Waals surface area contributed by atoms with Gasteiger partial charge in [-0.25, -0.2) is 8.78 Å². The molecular weight excluding hydrogens is 244 g/mol. The van der Waals surface area contributed by atoms with Crippen LogP contribution in [0.4, 0.5) is 8.78 Å². The van der Waals surface area contributed by atoms with Crippen molar-refractivity contribution in [1.29, 1.82) is 0 Å². The molecule has 0 aliphatic rings. The zero-order valence-electron chi connectivity index (χ0n) is 10.4.